The molecule has 2 rings (SSSR count). The Kier molecular flexibility index (Phi) is 3.53. The Bertz CT molecular complexity index is 321. The summed E-state index contributed by atoms with van der Waals surface area (Å²) in [6, 6.07) is 8.60. The topological polar surface area (TPSA) is 49.7 Å². The maximum atomic E-state index is 9.26. The maximum absolute atomic E-state index is 9.26. The molecule has 0 aliphatic carbocycles. The zero-order valence-electron chi connectivity index (χ0n) is 8.60. The van der Waals surface area contributed by atoms with Gasteiger partial charge in [-0.3, -0.25) is 0 Å². The molecular weight excluding hydrogens is 208 g/mol. The van der Waals surface area contributed by atoms with Crippen LogP contribution in [-0.4, -0.2) is 25.9 Å². The number of benzene rings is 1. The van der Waals surface area contributed by atoms with E-state index in [1.54, 1.807) is 6.07 Å². The van der Waals surface area contributed by atoms with Gasteiger partial charge >= 0.3 is 0 Å². The van der Waals surface area contributed by atoms with Crippen molar-refractivity contribution in [1.29, 1.82) is 0 Å². The van der Waals surface area contributed by atoms with Gasteiger partial charge < -0.3 is 14.6 Å². The maximum Gasteiger partial charge on any atom is 0.208 e. The molecule has 15 heavy (non-hydrogen) atoms. The molecule has 0 spiro atoms. The normalized spacial score (nSPS) is 21.9. The van der Waals surface area contributed by atoms with E-state index in [4.69, 9.17) is 4.43 Å². The number of aliphatic hydroxyl groups is 2. The first-order valence-corrected chi connectivity index (χ1v) is 7.22. The van der Waals surface area contributed by atoms with Crippen LogP contribution in [-0.2, 0) is 4.43 Å². The molecule has 1 unspecified atom stereocenters. The van der Waals surface area contributed by atoms with Crippen LogP contribution in [0.3, 0.4) is 0 Å². The van der Waals surface area contributed by atoms with Crippen LogP contribution in [0.25, 0.3) is 0 Å². The fourth-order valence-electron chi connectivity index (χ4n) is 2.03. The summed E-state index contributed by atoms with van der Waals surface area (Å²) in [5, 5.41) is 19.6. The van der Waals surface area contributed by atoms with Crippen molar-refractivity contribution in [3.63, 3.8) is 0 Å². The minimum atomic E-state index is -1.40. The van der Waals surface area contributed by atoms with Gasteiger partial charge in [-0.15, -0.1) is 0 Å². The number of hydrogen-bond acceptors (Lipinski definition) is 3. The lowest BCUT2D eigenvalue weighted by atomic mass is 10.2. The van der Waals surface area contributed by atoms with Gasteiger partial charge in [-0.1, -0.05) is 30.7 Å². The largest absolute Gasteiger partial charge is 0.415 e. The Morgan fingerprint density at radius 1 is 1.20 bits per heavy atom. The van der Waals surface area contributed by atoms with Crippen molar-refractivity contribution in [3.05, 3.63) is 29.8 Å². The Hall–Kier alpha value is -0.683. The van der Waals surface area contributed by atoms with Crippen LogP contribution >= 0.6 is 0 Å². The molecule has 1 aliphatic heterocycles. The Morgan fingerprint density at radius 2 is 2.00 bits per heavy atom. The van der Waals surface area contributed by atoms with E-state index in [0.717, 1.165) is 24.3 Å². The minimum absolute atomic E-state index is 0.621. The highest BCUT2D eigenvalue weighted by Gasteiger charge is 2.22. The molecule has 1 aliphatic rings. The Labute approximate surface area is 91.1 Å². The number of rotatable bonds is 2. The third-order valence-corrected chi connectivity index (χ3v) is 5.59. The lowest BCUT2D eigenvalue weighted by Gasteiger charge is -2.23. The molecular formula is C11H16O3Si. The quantitative estimate of drug-likeness (QED) is 0.565. The van der Waals surface area contributed by atoms with Crippen LogP contribution in [0.15, 0.2) is 24.3 Å². The molecule has 1 fully saturated rings. The van der Waals surface area contributed by atoms with Gasteiger partial charge in [0.05, 0.1) is 0 Å². The van der Waals surface area contributed by atoms with Crippen molar-refractivity contribution < 1.29 is 14.6 Å². The van der Waals surface area contributed by atoms with Gasteiger partial charge in [-0.25, -0.2) is 0 Å². The van der Waals surface area contributed by atoms with Crippen LogP contribution in [0.1, 0.15) is 24.7 Å². The molecule has 1 atom stereocenters. The van der Waals surface area contributed by atoms with Crippen molar-refractivity contribution in [3.8, 4) is 0 Å². The highest BCUT2D eigenvalue weighted by Crippen LogP contribution is 2.15. The van der Waals surface area contributed by atoms with Crippen LogP contribution in [0.5, 0.6) is 0 Å². The molecule has 0 saturated carbocycles. The third-order valence-electron chi connectivity index (χ3n) is 2.80. The first kappa shape index (κ1) is 10.8. The molecule has 0 bridgehead atoms. The molecule has 0 aromatic heterocycles. The summed E-state index contributed by atoms with van der Waals surface area (Å²) in [6.07, 6.45) is 0.958. The van der Waals surface area contributed by atoms with Crippen molar-refractivity contribution in [2.24, 2.45) is 0 Å². The first-order valence-electron chi connectivity index (χ1n) is 5.35. The summed E-state index contributed by atoms with van der Waals surface area (Å²) in [6.45, 7) is 0.826. The molecule has 2 N–H and O–H groups in total. The third kappa shape index (κ3) is 2.46. The highest BCUT2D eigenvalue weighted by molar-refractivity contribution is 6.68. The second kappa shape index (κ2) is 4.89. The molecule has 1 saturated heterocycles. The van der Waals surface area contributed by atoms with Crippen LogP contribution < -0.4 is 5.19 Å². The molecule has 1 aromatic carbocycles. The number of hydrogen-bond donors (Lipinski definition) is 2. The van der Waals surface area contributed by atoms with E-state index in [1.165, 1.54) is 6.42 Å². The van der Waals surface area contributed by atoms with E-state index < -0.39 is 15.3 Å². The summed E-state index contributed by atoms with van der Waals surface area (Å²) >= 11 is 0. The van der Waals surface area contributed by atoms with Gasteiger partial charge in [0.1, 0.15) is 0 Å². The zero-order valence-corrected chi connectivity index (χ0v) is 9.75. The van der Waals surface area contributed by atoms with Crippen LogP contribution in [0, 0.1) is 0 Å². The fraction of sp³-hybridized carbons (Fsp3) is 0.455. The average molecular weight is 224 g/mol. The van der Waals surface area contributed by atoms with Crippen LogP contribution in [0.4, 0.5) is 0 Å². The standard InChI is InChI=1S/C11H16O3Si/c12-11(13)9-5-1-2-6-10(9)15-8-4-3-7-14-15/h1-2,5-6,11-13,15H,3-4,7-8H2. The molecule has 1 heterocycles. The molecule has 4 heteroatoms. The second-order valence-electron chi connectivity index (χ2n) is 3.86. The summed E-state index contributed by atoms with van der Waals surface area (Å²) in [5.41, 5.74) is 0.621. The molecule has 1 aromatic rings. The first-order chi connectivity index (χ1) is 7.29. The lowest BCUT2D eigenvalue weighted by Crippen LogP contribution is -2.39. The van der Waals surface area contributed by atoms with Crippen molar-refractivity contribution >= 4 is 14.2 Å². The number of aliphatic hydroxyl groups excluding tert-OH is 1. The summed E-state index contributed by atoms with van der Waals surface area (Å²) < 4.78 is 5.77. The predicted molar refractivity (Wildman–Crippen MR) is 60.4 cm³/mol. The lowest BCUT2D eigenvalue weighted by molar-refractivity contribution is -0.0418. The molecule has 0 amide bonds. The van der Waals surface area contributed by atoms with Gasteiger partial charge in [0.2, 0.25) is 9.04 Å². The average Bonchev–Trinajstić information content (AvgIpc) is 2.30. The van der Waals surface area contributed by atoms with Gasteiger partial charge in [-0.05, 0) is 17.7 Å². The minimum Gasteiger partial charge on any atom is -0.415 e. The van der Waals surface area contributed by atoms with Gasteiger partial charge in [0.25, 0.3) is 0 Å². The summed E-state index contributed by atoms with van der Waals surface area (Å²) in [7, 11) is -1.40. The van der Waals surface area contributed by atoms with Gasteiger partial charge in [0, 0.05) is 12.2 Å². The van der Waals surface area contributed by atoms with Crippen LogP contribution in [0.2, 0.25) is 6.04 Å². The summed E-state index contributed by atoms with van der Waals surface area (Å²) in [5.74, 6) is 0. The van der Waals surface area contributed by atoms with E-state index in [-0.39, 0.29) is 0 Å². The second-order valence-corrected chi connectivity index (χ2v) is 6.37. The molecule has 82 valence electrons. The Balaban J connectivity index is 2.25. The van der Waals surface area contributed by atoms with Crippen molar-refractivity contribution in [2.45, 2.75) is 25.2 Å². The SMILES string of the molecule is OC(O)c1ccccc1[SiH]1CCCCO1. The van der Waals surface area contributed by atoms with Crippen molar-refractivity contribution in [2.75, 3.05) is 6.61 Å². The van der Waals surface area contributed by atoms with Gasteiger partial charge in [0.15, 0.2) is 6.29 Å². The van der Waals surface area contributed by atoms with E-state index in [1.807, 2.05) is 18.2 Å². The molecule has 3 nitrogen and oxygen atoms in total. The van der Waals surface area contributed by atoms with E-state index in [9.17, 15) is 10.2 Å². The Morgan fingerprint density at radius 3 is 2.67 bits per heavy atom. The highest BCUT2D eigenvalue weighted by atomic mass is 28.3. The zero-order chi connectivity index (χ0) is 10.7. The van der Waals surface area contributed by atoms with Gasteiger partial charge in [-0.2, -0.15) is 0 Å². The fourth-order valence-corrected chi connectivity index (χ4v) is 4.74. The smallest absolute Gasteiger partial charge is 0.208 e. The van der Waals surface area contributed by atoms with Crippen molar-refractivity contribution in [1.82, 2.24) is 0 Å². The van der Waals surface area contributed by atoms with E-state index in [2.05, 4.69) is 0 Å². The van der Waals surface area contributed by atoms with E-state index >= 15 is 0 Å². The predicted octanol–water partition coefficient (Wildman–Crippen LogP) is 0.411. The molecule has 0 radical (unpaired) electrons. The van der Waals surface area contributed by atoms with E-state index in [0.29, 0.717) is 5.56 Å². The summed E-state index contributed by atoms with van der Waals surface area (Å²) in [4.78, 5) is 0. The monoisotopic (exact) mass is 224 g/mol.